The first kappa shape index (κ1) is 27.5. The van der Waals surface area contributed by atoms with Crippen LogP contribution in [-0.2, 0) is 0 Å². The summed E-state index contributed by atoms with van der Waals surface area (Å²) < 4.78 is 8.69. The van der Waals surface area contributed by atoms with Crippen LogP contribution >= 0.6 is 0 Å². The van der Waals surface area contributed by atoms with E-state index in [2.05, 4.69) is 185 Å². The minimum atomic E-state index is 0.900. The van der Waals surface area contributed by atoms with Gasteiger partial charge in [0.2, 0.25) is 0 Å². The van der Waals surface area contributed by atoms with E-state index in [0.717, 1.165) is 44.7 Å². The molecule has 0 aliphatic heterocycles. The highest BCUT2D eigenvalue weighted by Crippen LogP contribution is 2.45. The Kier molecular flexibility index (Phi) is 6.18. The largest absolute Gasteiger partial charge is 0.456 e. The Morgan fingerprint density at radius 2 is 1.06 bits per heavy atom. The number of aromatic nitrogens is 1. The lowest BCUT2D eigenvalue weighted by molar-refractivity contribution is 0.669. The molecule has 230 valence electrons. The van der Waals surface area contributed by atoms with Crippen molar-refractivity contribution in [3.63, 3.8) is 0 Å². The van der Waals surface area contributed by atoms with Gasteiger partial charge in [0, 0.05) is 44.2 Å². The molecule has 2 heterocycles. The number of rotatable bonds is 5. The fraction of sp³-hybridized carbons (Fsp3) is 0. The summed E-state index contributed by atoms with van der Waals surface area (Å²) >= 11 is 0. The maximum atomic E-state index is 6.32. The van der Waals surface area contributed by atoms with Crippen LogP contribution in [0.1, 0.15) is 0 Å². The average Bonchev–Trinajstić information content (AvgIpc) is 3.72. The maximum absolute atomic E-state index is 6.32. The molecule has 3 nitrogen and oxygen atoms in total. The molecule has 10 rings (SSSR count). The van der Waals surface area contributed by atoms with Crippen molar-refractivity contribution in [1.82, 2.24) is 4.57 Å². The van der Waals surface area contributed by atoms with Gasteiger partial charge in [-0.25, -0.2) is 0 Å². The minimum Gasteiger partial charge on any atom is -0.456 e. The zero-order valence-electron chi connectivity index (χ0n) is 26.6. The van der Waals surface area contributed by atoms with Crippen molar-refractivity contribution in [2.45, 2.75) is 0 Å². The molecule has 0 aliphatic rings. The first-order valence-electron chi connectivity index (χ1n) is 16.7. The Hall–Kier alpha value is -6.58. The molecule has 0 saturated heterocycles. The van der Waals surface area contributed by atoms with Gasteiger partial charge in [0.05, 0.1) is 16.7 Å². The Morgan fingerprint density at radius 3 is 1.92 bits per heavy atom. The van der Waals surface area contributed by atoms with Crippen molar-refractivity contribution >= 4 is 71.6 Å². The second-order valence-electron chi connectivity index (χ2n) is 12.6. The number of anilines is 3. The Bertz CT molecular complexity index is 2830. The lowest BCUT2D eigenvalue weighted by Gasteiger charge is -2.28. The van der Waals surface area contributed by atoms with Gasteiger partial charge in [-0.05, 0) is 83.1 Å². The smallest absolute Gasteiger partial charge is 0.136 e. The molecule has 0 amide bonds. The third-order valence-corrected chi connectivity index (χ3v) is 9.76. The zero-order valence-corrected chi connectivity index (χ0v) is 26.6. The third kappa shape index (κ3) is 4.37. The highest BCUT2D eigenvalue weighted by Gasteiger charge is 2.21. The molecule has 10 aromatic rings. The van der Waals surface area contributed by atoms with Crippen LogP contribution in [0, 0.1) is 0 Å². The summed E-state index contributed by atoms with van der Waals surface area (Å²) in [4.78, 5) is 2.41. The highest BCUT2D eigenvalue weighted by atomic mass is 16.3. The number of benzene rings is 8. The summed E-state index contributed by atoms with van der Waals surface area (Å²) in [5.74, 6) is 0. The average molecular weight is 627 g/mol. The number of hydrogen-bond donors (Lipinski definition) is 0. The number of fused-ring (bicyclic) bond motifs is 8. The summed E-state index contributed by atoms with van der Waals surface area (Å²) in [6, 6.07) is 65.0. The van der Waals surface area contributed by atoms with Crippen molar-refractivity contribution in [1.29, 1.82) is 0 Å². The number of para-hydroxylation sites is 4. The zero-order chi connectivity index (χ0) is 32.3. The SMILES string of the molecule is c1ccc(-c2ccccc2N(c2ccc3ccc4oc5ccccc5c4c3c2)c2ccc3c(c2)c2ccccc2n3-c2ccccc2)cc1. The normalized spacial score (nSPS) is 11.7. The summed E-state index contributed by atoms with van der Waals surface area (Å²) in [7, 11) is 0. The molecule has 0 bridgehead atoms. The van der Waals surface area contributed by atoms with Crippen molar-refractivity contribution in [2.75, 3.05) is 4.90 Å². The molecule has 0 spiro atoms. The van der Waals surface area contributed by atoms with Crippen LogP contribution in [0.5, 0.6) is 0 Å². The molecule has 0 saturated carbocycles. The molecular formula is C46H30N2O. The van der Waals surface area contributed by atoms with E-state index in [1.165, 1.54) is 43.7 Å². The van der Waals surface area contributed by atoms with Crippen LogP contribution in [0.2, 0.25) is 0 Å². The Balaban J connectivity index is 1.27. The lowest BCUT2D eigenvalue weighted by atomic mass is 10.00. The first-order chi connectivity index (χ1) is 24.3. The highest BCUT2D eigenvalue weighted by molar-refractivity contribution is 6.19. The molecule has 3 heteroatoms. The van der Waals surface area contributed by atoms with E-state index in [-0.39, 0.29) is 0 Å². The fourth-order valence-corrected chi connectivity index (χ4v) is 7.58. The van der Waals surface area contributed by atoms with Gasteiger partial charge in [0.25, 0.3) is 0 Å². The standard InChI is InChI=1S/C46H30N2O/c1-3-13-31(14-4-1)36-17-7-10-20-41(36)47(34-25-23-32-24-28-45-46(39(32)29-34)38-19-9-12-22-44(38)49-45)35-26-27-43-40(30-35)37-18-8-11-21-42(37)48(43)33-15-5-2-6-16-33/h1-30H. The van der Waals surface area contributed by atoms with E-state index in [4.69, 9.17) is 4.42 Å². The molecule has 0 fully saturated rings. The monoisotopic (exact) mass is 626 g/mol. The second-order valence-corrected chi connectivity index (χ2v) is 12.6. The number of furan rings is 1. The van der Waals surface area contributed by atoms with Crippen LogP contribution in [0.4, 0.5) is 17.1 Å². The molecule has 8 aromatic carbocycles. The van der Waals surface area contributed by atoms with Crippen LogP contribution in [0.25, 0.3) is 71.3 Å². The van der Waals surface area contributed by atoms with Gasteiger partial charge in [0.1, 0.15) is 11.2 Å². The summed E-state index contributed by atoms with van der Waals surface area (Å²) in [6.07, 6.45) is 0. The second kappa shape index (κ2) is 11.0. The van der Waals surface area contributed by atoms with E-state index in [1.54, 1.807) is 0 Å². The van der Waals surface area contributed by atoms with Gasteiger partial charge in [-0.15, -0.1) is 0 Å². The molecule has 2 aromatic heterocycles. The molecule has 0 atom stereocenters. The van der Waals surface area contributed by atoms with Crippen LogP contribution in [-0.4, -0.2) is 4.57 Å². The van der Waals surface area contributed by atoms with Gasteiger partial charge in [-0.1, -0.05) is 115 Å². The topological polar surface area (TPSA) is 21.3 Å². The van der Waals surface area contributed by atoms with E-state index < -0.39 is 0 Å². The van der Waals surface area contributed by atoms with Gasteiger partial charge >= 0.3 is 0 Å². The minimum absolute atomic E-state index is 0.900. The maximum Gasteiger partial charge on any atom is 0.136 e. The quantitative estimate of drug-likeness (QED) is 0.190. The summed E-state index contributed by atoms with van der Waals surface area (Å²) in [6.45, 7) is 0. The third-order valence-electron chi connectivity index (χ3n) is 9.76. The van der Waals surface area contributed by atoms with Crippen LogP contribution in [0.3, 0.4) is 0 Å². The summed E-state index contributed by atoms with van der Waals surface area (Å²) in [5.41, 5.74) is 11.0. The Labute approximate surface area is 283 Å². The van der Waals surface area contributed by atoms with Crippen LogP contribution < -0.4 is 4.90 Å². The first-order valence-corrected chi connectivity index (χ1v) is 16.7. The predicted molar refractivity (Wildman–Crippen MR) is 206 cm³/mol. The van der Waals surface area contributed by atoms with Gasteiger partial charge in [-0.2, -0.15) is 0 Å². The van der Waals surface area contributed by atoms with Gasteiger partial charge in [0.15, 0.2) is 0 Å². The van der Waals surface area contributed by atoms with Crippen molar-refractivity contribution in [3.05, 3.63) is 182 Å². The molecule has 0 N–H and O–H groups in total. The molecule has 0 aliphatic carbocycles. The number of nitrogens with zero attached hydrogens (tertiary/aromatic N) is 2. The van der Waals surface area contributed by atoms with E-state index >= 15 is 0 Å². The molecule has 49 heavy (non-hydrogen) atoms. The van der Waals surface area contributed by atoms with Crippen molar-refractivity contribution in [3.8, 4) is 16.8 Å². The molecular weight excluding hydrogens is 597 g/mol. The van der Waals surface area contributed by atoms with E-state index in [9.17, 15) is 0 Å². The molecule has 0 unspecified atom stereocenters. The van der Waals surface area contributed by atoms with E-state index in [0.29, 0.717) is 0 Å². The fourth-order valence-electron chi connectivity index (χ4n) is 7.58. The Morgan fingerprint density at radius 1 is 0.429 bits per heavy atom. The van der Waals surface area contributed by atoms with Gasteiger partial charge < -0.3 is 13.9 Å². The summed E-state index contributed by atoms with van der Waals surface area (Å²) in [5, 5.41) is 7.07. The molecule has 0 radical (unpaired) electrons. The lowest BCUT2D eigenvalue weighted by Crippen LogP contribution is -2.11. The van der Waals surface area contributed by atoms with Crippen molar-refractivity contribution in [2.24, 2.45) is 0 Å². The predicted octanol–water partition coefficient (Wildman–Crippen LogP) is 13.0. The van der Waals surface area contributed by atoms with Crippen LogP contribution in [0.15, 0.2) is 186 Å². The van der Waals surface area contributed by atoms with Crippen molar-refractivity contribution < 1.29 is 4.42 Å². The van der Waals surface area contributed by atoms with Gasteiger partial charge in [-0.3, -0.25) is 0 Å². The van der Waals surface area contributed by atoms with E-state index in [1.807, 2.05) is 6.07 Å². The number of hydrogen-bond acceptors (Lipinski definition) is 2.